The molecule has 3 aromatic rings. The number of hydrogen-bond acceptors (Lipinski definition) is 5. The molecular weight excluding hydrogens is 423 g/mol. The lowest BCUT2D eigenvalue weighted by atomic mass is 10.1. The quantitative estimate of drug-likeness (QED) is 0.376. The number of benzene rings is 3. The van der Waals surface area contributed by atoms with Crippen LogP contribution in [0.3, 0.4) is 0 Å². The molecule has 7 heteroatoms. The molecule has 0 saturated carbocycles. The summed E-state index contributed by atoms with van der Waals surface area (Å²) in [6.45, 7) is 2.05. The predicted molar refractivity (Wildman–Crippen MR) is 124 cm³/mol. The molecule has 168 valence electrons. The van der Waals surface area contributed by atoms with Gasteiger partial charge in [0.05, 0.1) is 19.9 Å². The van der Waals surface area contributed by atoms with Crippen LogP contribution in [0.5, 0.6) is 17.2 Å². The first-order valence-corrected chi connectivity index (χ1v) is 10.1. The maximum atomic E-state index is 13.4. The van der Waals surface area contributed by atoms with Crippen LogP contribution in [0.15, 0.2) is 66.2 Å². The number of amides is 1. The van der Waals surface area contributed by atoms with E-state index in [1.54, 1.807) is 42.5 Å². The van der Waals surface area contributed by atoms with Crippen LogP contribution < -0.4 is 19.5 Å². The number of carbonyl (C=O) groups excluding carboxylic acids is 1. The first-order valence-electron chi connectivity index (χ1n) is 10.1. The van der Waals surface area contributed by atoms with Gasteiger partial charge >= 0.3 is 0 Å². The van der Waals surface area contributed by atoms with Crippen LogP contribution in [0.2, 0.25) is 0 Å². The van der Waals surface area contributed by atoms with Crippen molar-refractivity contribution in [2.45, 2.75) is 13.5 Å². The van der Waals surface area contributed by atoms with E-state index in [1.165, 1.54) is 32.4 Å². The van der Waals surface area contributed by atoms with Crippen molar-refractivity contribution in [3.05, 3.63) is 88.7 Å². The molecule has 0 heterocycles. The molecule has 0 bridgehead atoms. The van der Waals surface area contributed by atoms with Gasteiger partial charge in [-0.05, 0) is 66.1 Å². The molecule has 3 aromatic carbocycles. The number of anilines is 1. The third kappa shape index (κ3) is 6.11. The van der Waals surface area contributed by atoms with Crippen LogP contribution in [-0.4, -0.2) is 20.1 Å². The third-order valence-electron chi connectivity index (χ3n) is 4.75. The molecule has 0 aliphatic carbocycles. The minimum absolute atomic E-state index is 0.0889. The van der Waals surface area contributed by atoms with E-state index in [0.717, 1.165) is 5.56 Å². The summed E-state index contributed by atoms with van der Waals surface area (Å²) in [5, 5.41) is 12.2. The minimum Gasteiger partial charge on any atom is -0.495 e. The second-order valence-electron chi connectivity index (χ2n) is 7.16. The average molecular weight is 446 g/mol. The van der Waals surface area contributed by atoms with Crippen molar-refractivity contribution in [3.8, 4) is 23.3 Å². The number of nitrogens with one attached hydrogen (secondary N) is 1. The zero-order valence-electron chi connectivity index (χ0n) is 18.5. The highest BCUT2D eigenvalue weighted by Gasteiger charge is 2.14. The van der Waals surface area contributed by atoms with E-state index in [1.807, 2.05) is 19.1 Å². The second kappa shape index (κ2) is 10.8. The Kier molecular flexibility index (Phi) is 7.66. The summed E-state index contributed by atoms with van der Waals surface area (Å²) < 4.78 is 29.8. The molecule has 0 spiro atoms. The maximum absolute atomic E-state index is 13.4. The Balaban J connectivity index is 1.78. The van der Waals surface area contributed by atoms with Gasteiger partial charge in [-0.2, -0.15) is 5.26 Å². The molecule has 0 aromatic heterocycles. The van der Waals surface area contributed by atoms with Gasteiger partial charge in [0, 0.05) is 0 Å². The highest BCUT2D eigenvalue weighted by atomic mass is 19.1. The van der Waals surface area contributed by atoms with Crippen molar-refractivity contribution in [3.63, 3.8) is 0 Å². The van der Waals surface area contributed by atoms with Gasteiger partial charge in [-0.1, -0.05) is 24.3 Å². The predicted octanol–water partition coefficient (Wildman–Crippen LogP) is 5.28. The largest absolute Gasteiger partial charge is 0.495 e. The van der Waals surface area contributed by atoms with E-state index in [9.17, 15) is 14.4 Å². The number of ether oxygens (including phenoxy) is 3. The highest BCUT2D eigenvalue weighted by Crippen LogP contribution is 2.30. The summed E-state index contributed by atoms with van der Waals surface area (Å²) in [6.07, 6.45) is 1.45. The Morgan fingerprint density at radius 1 is 1.03 bits per heavy atom. The van der Waals surface area contributed by atoms with E-state index in [-0.39, 0.29) is 18.0 Å². The van der Waals surface area contributed by atoms with Crippen molar-refractivity contribution >= 4 is 17.7 Å². The summed E-state index contributed by atoms with van der Waals surface area (Å²) in [4.78, 5) is 12.7. The van der Waals surface area contributed by atoms with Gasteiger partial charge in [0.1, 0.15) is 29.8 Å². The number of halogens is 1. The SMILES string of the molecule is COc1ccc(C)cc1NC(=O)/C(C#N)=C/c1ccc(OCc2cccc(F)c2)c(OC)c1. The first-order chi connectivity index (χ1) is 15.9. The number of hydrogen-bond donors (Lipinski definition) is 1. The van der Waals surface area contributed by atoms with Crippen molar-refractivity contribution < 1.29 is 23.4 Å². The normalized spacial score (nSPS) is 10.8. The lowest BCUT2D eigenvalue weighted by Crippen LogP contribution is -2.14. The topological polar surface area (TPSA) is 80.6 Å². The summed E-state index contributed by atoms with van der Waals surface area (Å²) in [6, 6.07) is 18.4. The fourth-order valence-corrected chi connectivity index (χ4v) is 3.11. The van der Waals surface area contributed by atoms with E-state index in [0.29, 0.717) is 34.1 Å². The van der Waals surface area contributed by atoms with E-state index >= 15 is 0 Å². The maximum Gasteiger partial charge on any atom is 0.266 e. The van der Waals surface area contributed by atoms with Gasteiger partial charge in [-0.15, -0.1) is 0 Å². The molecule has 0 aliphatic rings. The van der Waals surface area contributed by atoms with Crippen LogP contribution in [0.1, 0.15) is 16.7 Å². The molecular formula is C26H23FN2O4. The molecule has 0 saturated heterocycles. The Hall–Kier alpha value is -4.31. The molecule has 1 amide bonds. The van der Waals surface area contributed by atoms with Crippen LogP contribution >= 0.6 is 0 Å². The summed E-state index contributed by atoms with van der Waals surface area (Å²) in [5.74, 6) is 0.457. The first kappa shape index (κ1) is 23.4. The zero-order chi connectivity index (χ0) is 23.8. The van der Waals surface area contributed by atoms with Gasteiger partial charge in [0.2, 0.25) is 0 Å². The molecule has 0 aliphatic heterocycles. The van der Waals surface area contributed by atoms with Crippen molar-refractivity contribution in [2.75, 3.05) is 19.5 Å². The second-order valence-corrected chi connectivity index (χ2v) is 7.16. The number of methoxy groups -OCH3 is 2. The molecule has 0 unspecified atom stereocenters. The van der Waals surface area contributed by atoms with Gasteiger partial charge in [0.15, 0.2) is 11.5 Å². The molecule has 33 heavy (non-hydrogen) atoms. The number of nitrogens with zero attached hydrogens (tertiary/aromatic N) is 1. The Morgan fingerprint density at radius 3 is 2.48 bits per heavy atom. The van der Waals surface area contributed by atoms with Crippen LogP contribution in [0.4, 0.5) is 10.1 Å². The van der Waals surface area contributed by atoms with Crippen LogP contribution in [-0.2, 0) is 11.4 Å². The number of rotatable bonds is 8. The molecule has 0 atom stereocenters. The lowest BCUT2D eigenvalue weighted by Gasteiger charge is -2.12. The zero-order valence-corrected chi connectivity index (χ0v) is 18.5. The third-order valence-corrected chi connectivity index (χ3v) is 4.75. The van der Waals surface area contributed by atoms with E-state index in [2.05, 4.69) is 5.32 Å². The fourth-order valence-electron chi connectivity index (χ4n) is 3.11. The summed E-state index contributed by atoms with van der Waals surface area (Å²) >= 11 is 0. The summed E-state index contributed by atoms with van der Waals surface area (Å²) in [7, 11) is 2.99. The number of carbonyl (C=O) groups is 1. The van der Waals surface area contributed by atoms with Crippen molar-refractivity contribution in [2.24, 2.45) is 0 Å². The van der Waals surface area contributed by atoms with Crippen molar-refractivity contribution in [1.29, 1.82) is 5.26 Å². The monoisotopic (exact) mass is 446 g/mol. The number of aryl methyl sites for hydroxylation is 1. The highest BCUT2D eigenvalue weighted by molar-refractivity contribution is 6.10. The van der Waals surface area contributed by atoms with Gasteiger partial charge in [0.25, 0.3) is 5.91 Å². The Bertz CT molecular complexity index is 1230. The molecule has 0 fully saturated rings. The Morgan fingerprint density at radius 2 is 1.79 bits per heavy atom. The van der Waals surface area contributed by atoms with E-state index < -0.39 is 5.91 Å². The summed E-state index contributed by atoms with van der Waals surface area (Å²) in [5.41, 5.74) is 2.58. The standard InChI is InChI=1S/C26H23FN2O4/c1-17-7-9-23(31-2)22(11-17)29-26(30)20(15-28)12-18-8-10-24(25(14-18)32-3)33-16-19-5-4-6-21(27)13-19/h4-14H,16H2,1-3H3,(H,29,30)/b20-12+. The van der Waals surface area contributed by atoms with Gasteiger partial charge in [-0.25, -0.2) is 4.39 Å². The van der Waals surface area contributed by atoms with E-state index in [4.69, 9.17) is 14.2 Å². The fraction of sp³-hybridized carbons (Fsp3) is 0.154. The molecule has 0 radical (unpaired) electrons. The number of nitriles is 1. The van der Waals surface area contributed by atoms with Crippen LogP contribution in [0, 0.1) is 24.1 Å². The van der Waals surface area contributed by atoms with Gasteiger partial charge in [-0.3, -0.25) is 4.79 Å². The smallest absolute Gasteiger partial charge is 0.266 e. The molecule has 6 nitrogen and oxygen atoms in total. The van der Waals surface area contributed by atoms with Crippen molar-refractivity contribution in [1.82, 2.24) is 0 Å². The molecule has 3 rings (SSSR count). The molecule has 1 N–H and O–H groups in total. The van der Waals surface area contributed by atoms with Gasteiger partial charge < -0.3 is 19.5 Å². The minimum atomic E-state index is -0.563. The lowest BCUT2D eigenvalue weighted by molar-refractivity contribution is -0.112. The van der Waals surface area contributed by atoms with Crippen LogP contribution in [0.25, 0.3) is 6.08 Å². The Labute approximate surface area is 191 Å². The average Bonchev–Trinajstić information content (AvgIpc) is 2.81.